The maximum Gasteiger partial charge on any atom is 0.260 e. The van der Waals surface area contributed by atoms with Gasteiger partial charge in [0.05, 0.1) is 6.04 Å². The number of aryl methyl sites for hydroxylation is 1. The minimum atomic E-state index is -0.0236. The van der Waals surface area contributed by atoms with E-state index in [4.69, 9.17) is 9.47 Å². The van der Waals surface area contributed by atoms with Crippen LogP contribution < -0.4 is 4.74 Å². The smallest absolute Gasteiger partial charge is 0.260 e. The third-order valence-electron chi connectivity index (χ3n) is 5.21. The van der Waals surface area contributed by atoms with Crippen molar-refractivity contribution >= 4 is 11.8 Å². The molecule has 0 aromatic heterocycles. The summed E-state index contributed by atoms with van der Waals surface area (Å²) in [5, 5.41) is 0. The van der Waals surface area contributed by atoms with Crippen LogP contribution >= 0.6 is 0 Å². The highest BCUT2D eigenvalue weighted by Gasteiger charge is 2.36. The monoisotopic (exact) mass is 360 g/mol. The van der Waals surface area contributed by atoms with Gasteiger partial charge in [-0.3, -0.25) is 9.59 Å². The lowest BCUT2D eigenvalue weighted by molar-refractivity contribution is -0.137. The maximum absolute atomic E-state index is 12.5. The van der Waals surface area contributed by atoms with E-state index in [1.165, 1.54) is 0 Å². The van der Waals surface area contributed by atoms with Crippen molar-refractivity contribution in [2.24, 2.45) is 0 Å². The summed E-state index contributed by atoms with van der Waals surface area (Å²) in [6.45, 7) is 6.32. The van der Waals surface area contributed by atoms with Crippen molar-refractivity contribution < 1.29 is 19.1 Å². The van der Waals surface area contributed by atoms with Gasteiger partial charge in [0.25, 0.3) is 5.91 Å². The Morgan fingerprint density at radius 3 is 2.69 bits per heavy atom. The number of carbonyl (C=O) groups excluding carboxylic acids is 2. The zero-order valence-corrected chi connectivity index (χ0v) is 15.6. The Labute approximate surface area is 155 Å². The molecule has 26 heavy (non-hydrogen) atoms. The van der Waals surface area contributed by atoms with E-state index < -0.39 is 0 Å². The van der Waals surface area contributed by atoms with Crippen LogP contribution in [-0.2, 0) is 14.3 Å². The average molecular weight is 360 g/mol. The Bertz CT molecular complexity index is 642. The van der Waals surface area contributed by atoms with E-state index in [-0.39, 0.29) is 30.5 Å². The quantitative estimate of drug-likeness (QED) is 0.806. The van der Waals surface area contributed by atoms with Gasteiger partial charge in [-0.2, -0.15) is 0 Å². The molecule has 6 heteroatoms. The van der Waals surface area contributed by atoms with E-state index in [0.717, 1.165) is 24.8 Å². The first-order chi connectivity index (χ1) is 12.5. The van der Waals surface area contributed by atoms with E-state index in [0.29, 0.717) is 32.1 Å². The average Bonchev–Trinajstić information content (AvgIpc) is 3.10. The van der Waals surface area contributed by atoms with Crippen LogP contribution in [0.2, 0.25) is 0 Å². The molecule has 0 spiro atoms. The zero-order chi connectivity index (χ0) is 18.5. The fourth-order valence-electron chi connectivity index (χ4n) is 3.91. The van der Waals surface area contributed by atoms with Crippen molar-refractivity contribution in [3.05, 3.63) is 29.8 Å². The predicted octanol–water partition coefficient (Wildman–Crippen LogP) is 2.00. The lowest BCUT2D eigenvalue weighted by Crippen LogP contribution is -2.49. The molecule has 0 N–H and O–H groups in total. The van der Waals surface area contributed by atoms with Crippen LogP contribution in [0.1, 0.15) is 31.7 Å². The second kappa shape index (κ2) is 8.54. The molecule has 2 aliphatic heterocycles. The first-order valence-electron chi connectivity index (χ1n) is 9.38. The van der Waals surface area contributed by atoms with Crippen molar-refractivity contribution in [3.8, 4) is 5.75 Å². The lowest BCUT2D eigenvalue weighted by Gasteiger charge is -2.37. The van der Waals surface area contributed by atoms with Crippen molar-refractivity contribution in [1.82, 2.24) is 9.80 Å². The van der Waals surface area contributed by atoms with Gasteiger partial charge in [0.1, 0.15) is 5.75 Å². The molecule has 3 rings (SSSR count). The number of nitrogens with zero attached hydrogens (tertiary/aromatic N) is 2. The molecule has 2 fully saturated rings. The Morgan fingerprint density at radius 2 is 2.00 bits per heavy atom. The van der Waals surface area contributed by atoms with Gasteiger partial charge in [0.2, 0.25) is 5.91 Å². The molecule has 2 aliphatic rings. The molecular weight excluding hydrogens is 332 g/mol. The number of amides is 2. The van der Waals surface area contributed by atoms with E-state index >= 15 is 0 Å². The van der Waals surface area contributed by atoms with Crippen LogP contribution in [0, 0.1) is 6.92 Å². The second-order valence-electron chi connectivity index (χ2n) is 7.16. The molecule has 0 bridgehead atoms. The fraction of sp³-hybridized carbons (Fsp3) is 0.600. The number of carbonyl (C=O) groups is 2. The molecule has 0 saturated carbocycles. The molecular formula is C20H28N2O4. The van der Waals surface area contributed by atoms with Crippen molar-refractivity contribution in [2.45, 2.75) is 45.2 Å². The Morgan fingerprint density at radius 1 is 1.23 bits per heavy atom. The summed E-state index contributed by atoms with van der Waals surface area (Å²) < 4.78 is 11.0. The third-order valence-corrected chi connectivity index (χ3v) is 5.21. The third kappa shape index (κ3) is 4.55. The van der Waals surface area contributed by atoms with Gasteiger partial charge >= 0.3 is 0 Å². The summed E-state index contributed by atoms with van der Waals surface area (Å²) in [6.07, 6.45) is 2.58. The van der Waals surface area contributed by atoms with Gasteiger partial charge in [0, 0.05) is 39.3 Å². The molecule has 1 atom stereocenters. The van der Waals surface area contributed by atoms with Gasteiger partial charge in [-0.1, -0.05) is 12.1 Å². The highest BCUT2D eigenvalue weighted by atomic mass is 16.5. The summed E-state index contributed by atoms with van der Waals surface area (Å²) in [4.78, 5) is 28.5. The van der Waals surface area contributed by atoms with Crippen LogP contribution in [-0.4, -0.2) is 66.6 Å². The van der Waals surface area contributed by atoms with Gasteiger partial charge in [-0.15, -0.1) is 0 Å². The van der Waals surface area contributed by atoms with Crippen LogP contribution in [0.4, 0.5) is 0 Å². The minimum Gasteiger partial charge on any atom is -0.484 e. The van der Waals surface area contributed by atoms with E-state index in [1.54, 1.807) is 6.92 Å². The standard InChI is InChI=1S/C20H28N2O4/c1-15-4-3-5-19(12-15)26-14-20(24)21-9-6-18(13-21)22(16(2)23)17-7-10-25-11-8-17/h3-5,12,17-18H,6-11,13-14H2,1-2H3. The lowest BCUT2D eigenvalue weighted by atomic mass is 10.0. The zero-order valence-electron chi connectivity index (χ0n) is 15.6. The first-order valence-corrected chi connectivity index (χ1v) is 9.38. The largest absolute Gasteiger partial charge is 0.484 e. The van der Waals surface area contributed by atoms with Crippen LogP contribution in [0.15, 0.2) is 24.3 Å². The number of likely N-dealkylation sites (tertiary alicyclic amines) is 1. The van der Waals surface area contributed by atoms with Gasteiger partial charge in [-0.05, 0) is 43.9 Å². The predicted molar refractivity (Wildman–Crippen MR) is 98.0 cm³/mol. The second-order valence-corrected chi connectivity index (χ2v) is 7.16. The highest BCUT2D eigenvalue weighted by molar-refractivity contribution is 5.78. The number of hydrogen-bond donors (Lipinski definition) is 0. The summed E-state index contributed by atoms with van der Waals surface area (Å²) in [7, 11) is 0. The van der Waals surface area contributed by atoms with Crippen LogP contribution in [0.5, 0.6) is 5.75 Å². The van der Waals surface area contributed by atoms with E-state index in [2.05, 4.69) is 0 Å². The molecule has 2 heterocycles. The first kappa shape index (κ1) is 18.7. The van der Waals surface area contributed by atoms with Gasteiger partial charge in [0.15, 0.2) is 6.61 Å². The molecule has 1 unspecified atom stereocenters. The summed E-state index contributed by atoms with van der Waals surface area (Å²) in [6, 6.07) is 8.01. The molecule has 6 nitrogen and oxygen atoms in total. The summed E-state index contributed by atoms with van der Waals surface area (Å²) in [5.41, 5.74) is 1.10. The maximum atomic E-state index is 12.5. The Hall–Kier alpha value is -2.08. The summed E-state index contributed by atoms with van der Waals surface area (Å²) >= 11 is 0. The highest BCUT2D eigenvalue weighted by Crippen LogP contribution is 2.24. The fourth-order valence-corrected chi connectivity index (χ4v) is 3.91. The number of benzene rings is 1. The summed E-state index contributed by atoms with van der Waals surface area (Å²) in [5.74, 6) is 0.776. The molecule has 2 amide bonds. The number of rotatable bonds is 5. The molecule has 142 valence electrons. The minimum absolute atomic E-state index is 0.0236. The Balaban J connectivity index is 1.54. The molecule has 0 aliphatic carbocycles. The SMILES string of the molecule is CC(=O)N(C1CCOCC1)C1CCN(C(=O)COc2cccc(C)c2)C1. The van der Waals surface area contributed by atoms with Crippen molar-refractivity contribution in [2.75, 3.05) is 32.9 Å². The van der Waals surface area contributed by atoms with E-state index in [1.807, 2.05) is 41.0 Å². The van der Waals surface area contributed by atoms with Crippen LogP contribution in [0.25, 0.3) is 0 Å². The molecule has 1 aromatic carbocycles. The Kier molecular flexibility index (Phi) is 6.14. The molecule has 2 saturated heterocycles. The van der Waals surface area contributed by atoms with E-state index in [9.17, 15) is 9.59 Å². The number of hydrogen-bond acceptors (Lipinski definition) is 4. The van der Waals surface area contributed by atoms with Gasteiger partial charge < -0.3 is 19.3 Å². The topological polar surface area (TPSA) is 59.1 Å². The van der Waals surface area contributed by atoms with Crippen LogP contribution in [0.3, 0.4) is 0 Å². The molecule has 0 radical (unpaired) electrons. The van der Waals surface area contributed by atoms with Crippen molar-refractivity contribution in [1.29, 1.82) is 0 Å². The molecule has 1 aromatic rings. The van der Waals surface area contributed by atoms with Gasteiger partial charge in [-0.25, -0.2) is 0 Å². The normalized spacial score (nSPS) is 20.8. The van der Waals surface area contributed by atoms with Crippen molar-refractivity contribution in [3.63, 3.8) is 0 Å². The number of ether oxygens (including phenoxy) is 2.